The Morgan fingerprint density at radius 1 is 1.44 bits per heavy atom. The van der Waals surface area contributed by atoms with Gasteiger partial charge in [-0.05, 0) is 19.1 Å². The highest BCUT2D eigenvalue weighted by Gasteiger charge is 2.08. The zero-order valence-corrected chi connectivity index (χ0v) is 12.5. The summed E-state index contributed by atoms with van der Waals surface area (Å²) in [6.45, 7) is 2.01. The molecule has 0 amide bonds. The van der Waals surface area contributed by atoms with Crippen LogP contribution in [-0.2, 0) is 6.42 Å². The molecule has 1 unspecified atom stereocenters. The molecule has 1 aromatic heterocycles. The topological polar surface area (TPSA) is 38.9 Å². The lowest BCUT2D eigenvalue weighted by Crippen LogP contribution is -2.25. The quantitative estimate of drug-likeness (QED) is 0.854. The number of benzene rings is 1. The molecule has 0 radical (unpaired) electrons. The van der Waals surface area contributed by atoms with Gasteiger partial charge < -0.3 is 5.73 Å². The lowest BCUT2D eigenvalue weighted by atomic mass is 10.2. The van der Waals surface area contributed by atoms with Gasteiger partial charge in [0.2, 0.25) is 0 Å². The molecule has 2 N–H and O–H groups in total. The average Bonchev–Trinajstić information content (AvgIpc) is 2.74. The molecule has 0 bridgehead atoms. The SMILES string of the molecule is Cc1nc(CC(N)CSc2ccccc2Cl)cs1. The Balaban J connectivity index is 1.85. The highest BCUT2D eigenvalue weighted by Crippen LogP contribution is 2.27. The summed E-state index contributed by atoms with van der Waals surface area (Å²) in [4.78, 5) is 5.51. The van der Waals surface area contributed by atoms with Crippen molar-refractivity contribution in [1.82, 2.24) is 4.98 Å². The summed E-state index contributed by atoms with van der Waals surface area (Å²) in [7, 11) is 0. The number of thioether (sulfide) groups is 1. The first-order chi connectivity index (χ1) is 8.65. The van der Waals surface area contributed by atoms with Crippen LogP contribution in [0.1, 0.15) is 10.7 Å². The summed E-state index contributed by atoms with van der Waals surface area (Å²) in [6.07, 6.45) is 0.821. The highest BCUT2D eigenvalue weighted by molar-refractivity contribution is 7.99. The molecule has 18 heavy (non-hydrogen) atoms. The van der Waals surface area contributed by atoms with Crippen LogP contribution in [0.25, 0.3) is 0 Å². The van der Waals surface area contributed by atoms with Crippen molar-refractivity contribution in [3.63, 3.8) is 0 Å². The average molecular weight is 299 g/mol. The fourth-order valence-corrected chi connectivity index (χ4v) is 3.41. The third-order valence-corrected chi connectivity index (χ3v) is 4.95. The zero-order chi connectivity index (χ0) is 13.0. The predicted octanol–water partition coefficient (Wildman–Crippen LogP) is 3.77. The molecule has 0 saturated carbocycles. The molecule has 2 aromatic rings. The van der Waals surface area contributed by atoms with E-state index in [1.165, 1.54) is 0 Å². The number of rotatable bonds is 5. The van der Waals surface area contributed by atoms with Crippen LogP contribution in [0.3, 0.4) is 0 Å². The summed E-state index contributed by atoms with van der Waals surface area (Å²) in [5, 5.41) is 3.96. The Labute approximate surface area is 121 Å². The van der Waals surface area contributed by atoms with Crippen LogP contribution in [0.2, 0.25) is 5.02 Å². The van der Waals surface area contributed by atoms with Gasteiger partial charge in [-0.2, -0.15) is 0 Å². The first-order valence-corrected chi connectivity index (χ1v) is 7.93. The Morgan fingerprint density at radius 3 is 2.89 bits per heavy atom. The first-order valence-electron chi connectivity index (χ1n) is 5.69. The maximum absolute atomic E-state index is 6.11. The molecule has 1 atom stereocenters. The van der Waals surface area contributed by atoms with Crippen molar-refractivity contribution in [1.29, 1.82) is 0 Å². The lowest BCUT2D eigenvalue weighted by molar-refractivity contribution is 0.734. The van der Waals surface area contributed by atoms with Gasteiger partial charge >= 0.3 is 0 Å². The van der Waals surface area contributed by atoms with Crippen molar-refractivity contribution >= 4 is 34.7 Å². The molecule has 0 aliphatic rings. The van der Waals surface area contributed by atoms with Crippen molar-refractivity contribution in [3.8, 4) is 0 Å². The second-order valence-electron chi connectivity index (χ2n) is 4.06. The second-order valence-corrected chi connectivity index (χ2v) is 6.59. The van der Waals surface area contributed by atoms with Crippen molar-refractivity contribution in [3.05, 3.63) is 45.4 Å². The lowest BCUT2D eigenvalue weighted by Gasteiger charge is -2.10. The summed E-state index contributed by atoms with van der Waals surface area (Å²) in [5.74, 6) is 0.848. The van der Waals surface area contributed by atoms with E-state index in [9.17, 15) is 0 Å². The monoisotopic (exact) mass is 298 g/mol. The first kappa shape index (κ1) is 13.9. The van der Waals surface area contributed by atoms with Crippen LogP contribution in [-0.4, -0.2) is 16.8 Å². The molecule has 0 saturated heterocycles. The van der Waals surface area contributed by atoms with Crippen molar-refractivity contribution in [2.75, 3.05) is 5.75 Å². The largest absolute Gasteiger partial charge is 0.327 e. The molecule has 1 aromatic carbocycles. The summed E-state index contributed by atoms with van der Waals surface area (Å²) in [5.41, 5.74) is 7.20. The van der Waals surface area contributed by atoms with E-state index in [1.54, 1.807) is 23.1 Å². The minimum Gasteiger partial charge on any atom is -0.327 e. The van der Waals surface area contributed by atoms with Gasteiger partial charge in [0.15, 0.2) is 0 Å². The van der Waals surface area contributed by atoms with E-state index in [1.807, 2.05) is 31.2 Å². The Morgan fingerprint density at radius 2 is 2.22 bits per heavy atom. The minimum atomic E-state index is 0.104. The molecule has 0 spiro atoms. The highest BCUT2D eigenvalue weighted by atomic mass is 35.5. The van der Waals surface area contributed by atoms with Gasteiger partial charge in [0.05, 0.1) is 15.7 Å². The van der Waals surface area contributed by atoms with Gasteiger partial charge in [-0.3, -0.25) is 0 Å². The number of nitrogens with zero attached hydrogens (tertiary/aromatic N) is 1. The Hall–Kier alpha value is -0.550. The summed E-state index contributed by atoms with van der Waals surface area (Å²) in [6, 6.07) is 7.95. The summed E-state index contributed by atoms with van der Waals surface area (Å²) >= 11 is 9.47. The van der Waals surface area contributed by atoms with Gasteiger partial charge in [0, 0.05) is 28.5 Å². The fourth-order valence-electron chi connectivity index (χ4n) is 1.59. The third kappa shape index (κ3) is 3.99. The van der Waals surface area contributed by atoms with Crippen LogP contribution < -0.4 is 5.73 Å². The molecule has 0 aliphatic heterocycles. The maximum Gasteiger partial charge on any atom is 0.0897 e. The number of halogens is 1. The van der Waals surface area contributed by atoms with Crippen LogP contribution in [0.15, 0.2) is 34.5 Å². The van der Waals surface area contributed by atoms with Gasteiger partial charge in [-0.25, -0.2) is 4.98 Å². The molecule has 0 fully saturated rings. The Kier molecular flexibility index (Phi) is 5.06. The minimum absolute atomic E-state index is 0.104. The van der Waals surface area contributed by atoms with E-state index in [0.29, 0.717) is 0 Å². The van der Waals surface area contributed by atoms with Crippen LogP contribution >= 0.6 is 34.7 Å². The standard InChI is InChI=1S/C13H15ClN2S2/c1-9-16-11(8-17-9)6-10(15)7-18-13-5-3-2-4-12(13)14/h2-5,8,10H,6-7,15H2,1H3. The number of hydrogen-bond donors (Lipinski definition) is 1. The van der Waals surface area contributed by atoms with Crippen molar-refractivity contribution in [2.24, 2.45) is 5.73 Å². The van der Waals surface area contributed by atoms with Gasteiger partial charge in [0.1, 0.15) is 0 Å². The smallest absolute Gasteiger partial charge is 0.0897 e. The van der Waals surface area contributed by atoms with Crippen LogP contribution in [0, 0.1) is 6.92 Å². The normalized spacial score (nSPS) is 12.6. The van der Waals surface area contributed by atoms with E-state index in [-0.39, 0.29) is 6.04 Å². The summed E-state index contributed by atoms with van der Waals surface area (Å²) < 4.78 is 0. The van der Waals surface area contributed by atoms with Crippen LogP contribution in [0.5, 0.6) is 0 Å². The zero-order valence-electron chi connectivity index (χ0n) is 10.1. The molecule has 2 nitrogen and oxygen atoms in total. The van der Waals surface area contributed by atoms with E-state index < -0.39 is 0 Å². The van der Waals surface area contributed by atoms with Gasteiger partial charge in [-0.1, -0.05) is 23.7 Å². The number of aromatic nitrogens is 1. The fraction of sp³-hybridized carbons (Fsp3) is 0.308. The van der Waals surface area contributed by atoms with Gasteiger partial charge in [-0.15, -0.1) is 23.1 Å². The van der Waals surface area contributed by atoms with Crippen LogP contribution in [0.4, 0.5) is 0 Å². The molecule has 2 rings (SSSR count). The van der Waals surface area contributed by atoms with E-state index in [4.69, 9.17) is 17.3 Å². The van der Waals surface area contributed by atoms with E-state index >= 15 is 0 Å². The maximum atomic E-state index is 6.11. The number of aryl methyl sites for hydroxylation is 1. The number of thiazole rings is 1. The van der Waals surface area contributed by atoms with E-state index in [2.05, 4.69) is 10.4 Å². The molecular formula is C13H15ClN2S2. The van der Waals surface area contributed by atoms with Crippen molar-refractivity contribution in [2.45, 2.75) is 24.3 Å². The molecule has 96 valence electrons. The van der Waals surface area contributed by atoms with E-state index in [0.717, 1.165) is 32.8 Å². The number of nitrogens with two attached hydrogens (primary N) is 1. The third-order valence-electron chi connectivity index (χ3n) is 2.43. The Bertz CT molecular complexity index is 513. The second kappa shape index (κ2) is 6.57. The van der Waals surface area contributed by atoms with Gasteiger partial charge in [0.25, 0.3) is 0 Å². The predicted molar refractivity (Wildman–Crippen MR) is 80.7 cm³/mol. The molecule has 1 heterocycles. The molecule has 5 heteroatoms. The van der Waals surface area contributed by atoms with Crippen molar-refractivity contribution < 1.29 is 0 Å². The molecule has 0 aliphatic carbocycles. The number of hydrogen-bond acceptors (Lipinski definition) is 4. The molecular weight excluding hydrogens is 284 g/mol.